The molecule has 3 fully saturated rings. The summed E-state index contributed by atoms with van der Waals surface area (Å²) in [5.41, 5.74) is 0.201. The minimum Gasteiger partial charge on any atom is -0.342 e. The third kappa shape index (κ3) is 2.75. The number of likely N-dealkylation sites (tertiary alicyclic amines) is 2. The fraction of sp³-hybridized carbons (Fsp3) is 0.722. The number of aromatic nitrogens is 1. The number of rotatable bonds is 3. The summed E-state index contributed by atoms with van der Waals surface area (Å²) in [5.74, 6) is 0.992. The predicted molar refractivity (Wildman–Crippen MR) is 93.0 cm³/mol. The topological polar surface area (TPSA) is 53.5 Å². The lowest BCUT2D eigenvalue weighted by molar-refractivity contribution is -0.146. The van der Waals surface area contributed by atoms with Gasteiger partial charge in [-0.2, -0.15) is 0 Å². The van der Waals surface area contributed by atoms with Crippen LogP contribution in [0.1, 0.15) is 54.0 Å². The fourth-order valence-corrected chi connectivity index (χ4v) is 4.95. The summed E-state index contributed by atoms with van der Waals surface area (Å²) in [7, 11) is 0. The number of carbonyl (C=O) groups excluding carboxylic acids is 2. The number of hydrogen-bond donors (Lipinski definition) is 0. The Morgan fingerprint density at radius 1 is 1.33 bits per heavy atom. The zero-order valence-electron chi connectivity index (χ0n) is 14.3. The van der Waals surface area contributed by atoms with Crippen molar-refractivity contribution >= 4 is 23.2 Å². The van der Waals surface area contributed by atoms with E-state index >= 15 is 0 Å². The van der Waals surface area contributed by atoms with Crippen molar-refractivity contribution in [2.75, 3.05) is 26.2 Å². The van der Waals surface area contributed by atoms with Gasteiger partial charge >= 0.3 is 0 Å². The van der Waals surface area contributed by atoms with Gasteiger partial charge in [-0.15, -0.1) is 11.3 Å². The normalized spacial score (nSPS) is 27.8. The molecule has 1 atom stereocenters. The summed E-state index contributed by atoms with van der Waals surface area (Å²) in [6.07, 6.45) is 6.65. The fourth-order valence-electron chi connectivity index (χ4n) is 4.36. The smallest absolute Gasteiger partial charge is 0.273 e. The molecular weight excluding hydrogens is 322 g/mol. The monoisotopic (exact) mass is 347 g/mol. The Hall–Kier alpha value is -1.43. The van der Waals surface area contributed by atoms with Gasteiger partial charge in [-0.3, -0.25) is 9.59 Å². The first kappa shape index (κ1) is 16.1. The number of piperidine rings is 1. The Kier molecular flexibility index (Phi) is 4.11. The number of carbonyl (C=O) groups is 2. The van der Waals surface area contributed by atoms with Crippen LogP contribution in [0.15, 0.2) is 5.38 Å². The zero-order chi connectivity index (χ0) is 16.7. The van der Waals surface area contributed by atoms with Gasteiger partial charge in [0.15, 0.2) is 0 Å². The van der Waals surface area contributed by atoms with Crippen molar-refractivity contribution in [2.45, 2.75) is 45.4 Å². The van der Waals surface area contributed by atoms with Crippen LogP contribution in [0.4, 0.5) is 0 Å². The molecule has 0 radical (unpaired) electrons. The second-order valence-corrected chi connectivity index (χ2v) is 8.72. The van der Waals surface area contributed by atoms with Crippen LogP contribution in [0.5, 0.6) is 0 Å². The van der Waals surface area contributed by atoms with Crippen LogP contribution in [0, 0.1) is 18.3 Å². The minimum absolute atomic E-state index is 0.0138. The number of hydrogen-bond acceptors (Lipinski definition) is 4. The van der Waals surface area contributed by atoms with Crippen LogP contribution in [0.3, 0.4) is 0 Å². The van der Waals surface area contributed by atoms with E-state index in [-0.39, 0.29) is 11.3 Å². The highest BCUT2D eigenvalue weighted by atomic mass is 32.1. The molecule has 3 aliphatic rings. The first-order valence-corrected chi connectivity index (χ1v) is 9.96. The number of nitrogens with zero attached hydrogens (tertiary/aromatic N) is 3. The van der Waals surface area contributed by atoms with Gasteiger partial charge in [0.05, 0.1) is 10.4 Å². The standard InChI is InChI=1S/C18H25N3O2S/c1-13-19-15(11-24-13)16(22)21-9-7-18(12-21)6-3-8-20(17(18)23)10-14-4-2-5-14/h11,14H,2-10,12H2,1H3. The molecule has 6 heteroatoms. The first-order valence-electron chi connectivity index (χ1n) is 9.08. The lowest BCUT2D eigenvalue weighted by Gasteiger charge is -2.42. The molecule has 5 nitrogen and oxygen atoms in total. The molecular formula is C18H25N3O2S. The van der Waals surface area contributed by atoms with Gasteiger partial charge < -0.3 is 9.80 Å². The molecule has 4 rings (SSSR count). The van der Waals surface area contributed by atoms with Crippen molar-refractivity contribution in [2.24, 2.45) is 11.3 Å². The van der Waals surface area contributed by atoms with Gasteiger partial charge in [0.2, 0.25) is 5.91 Å². The molecule has 0 bridgehead atoms. The summed E-state index contributed by atoms with van der Waals surface area (Å²) in [6.45, 7) is 4.99. The molecule has 1 saturated carbocycles. The molecule has 1 aromatic rings. The summed E-state index contributed by atoms with van der Waals surface area (Å²) >= 11 is 1.50. The quantitative estimate of drug-likeness (QED) is 0.845. The summed E-state index contributed by atoms with van der Waals surface area (Å²) in [6, 6.07) is 0. The highest BCUT2D eigenvalue weighted by Crippen LogP contribution is 2.41. The van der Waals surface area contributed by atoms with Crippen molar-refractivity contribution in [3.63, 3.8) is 0 Å². The number of amides is 2. The van der Waals surface area contributed by atoms with Gasteiger partial charge in [-0.05, 0) is 44.9 Å². The van der Waals surface area contributed by atoms with Crippen molar-refractivity contribution < 1.29 is 9.59 Å². The van der Waals surface area contributed by atoms with Crippen LogP contribution in [0.2, 0.25) is 0 Å². The SMILES string of the molecule is Cc1nc(C(=O)N2CCC3(CCCN(CC4CCC4)C3=O)C2)cs1. The van der Waals surface area contributed by atoms with E-state index in [9.17, 15) is 9.59 Å². The van der Waals surface area contributed by atoms with E-state index < -0.39 is 0 Å². The van der Waals surface area contributed by atoms with E-state index in [0.29, 0.717) is 30.6 Å². The third-order valence-electron chi connectivity index (χ3n) is 6.01. The molecule has 1 aliphatic carbocycles. The van der Waals surface area contributed by atoms with Crippen molar-refractivity contribution in [1.29, 1.82) is 0 Å². The van der Waals surface area contributed by atoms with Gasteiger partial charge in [0.25, 0.3) is 5.91 Å². The van der Waals surface area contributed by atoms with E-state index in [1.165, 1.54) is 30.6 Å². The lowest BCUT2D eigenvalue weighted by atomic mass is 9.77. The predicted octanol–water partition coefficient (Wildman–Crippen LogP) is 2.71. The third-order valence-corrected chi connectivity index (χ3v) is 6.78. The summed E-state index contributed by atoms with van der Waals surface area (Å²) in [5, 5.41) is 2.74. The average molecular weight is 347 g/mol. The van der Waals surface area contributed by atoms with E-state index in [1.54, 1.807) is 0 Å². The zero-order valence-corrected chi connectivity index (χ0v) is 15.1. The molecule has 130 valence electrons. The van der Waals surface area contributed by atoms with Gasteiger partial charge in [-0.25, -0.2) is 4.98 Å². The largest absolute Gasteiger partial charge is 0.342 e. The highest BCUT2D eigenvalue weighted by molar-refractivity contribution is 7.09. The van der Waals surface area contributed by atoms with E-state index in [2.05, 4.69) is 9.88 Å². The van der Waals surface area contributed by atoms with Gasteiger partial charge in [0, 0.05) is 31.6 Å². The van der Waals surface area contributed by atoms with E-state index in [4.69, 9.17) is 0 Å². The second kappa shape index (κ2) is 6.14. The molecule has 3 heterocycles. The van der Waals surface area contributed by atoms with Gasteiger partial charge in [0.1, 0.15) is 5.69 Å². The molecule has 24 heavy (non-hydrogen) atoms. The summed E-state index contributed by atoms with van der Waals surface area (Å²) in [4.78, 5) is 34.0. The van der Waals surface area contributed by atoms with Crippen molar-refractivity contribution in [3.8, 4) is 0 Å². The Morgan fingerprint density at radius 2 is 2.17 bits per heavy atom. The molecule has 0 N–H and O–H groups in total. The lowest BCUT2D eigenvalue weighted by Crippen LogP contribution is -2.52. The molecule has 0 aromatic carbocycles. The second-order valence-electron chi connectivity index (χ2n) is 7.66. The van der Waals surface area contributed by atoms with E-state index in [0.717, 1.165) is 37.4 Å². The highest BCUT2D eigenvalue weighted by Gasteiger charge is 2.49. The van der Waals surface area contributed by atoms with E-state index in [1.807, 2.05) is 17.2 Å². The Bertz CT molecular complexity index is 654. The molecule has 1 aromatic heterocycles. The molecule has 2 saturated heterocycles. The first-order chi connectivity index (χ1) is 11.6. The summed E-state index contributed by atoms with van der Waals surface area (Å²) < 4.78 is 0. The number of aryl methyl sites for hydroxylation is 1. The maximum absolute atomic E-state index is 13.1. The molecule has 1 unspecified atom stereocenters. The van der Waals surface area contributed by atoms with Crippen LogP contribution in [-0.4, -0.2) is 52.8 Å². The Morgan fingerprint density at radius 3 is 2.83 bits per heavy atom. The maximum Gasteiger partial charge on any atom is 0.273 e. The van der Waals surface area contributed by atoms with Crippen molar-refractivity contribution in [3.05, 3.63) is 16.1 Å². The molecule has 1 spiro atoms. The number of thiazole rings is 1. The average Bonchev–Trinajstić information content (AvgIpc) is 3.14. The molecule has 2 amide bonds. The van der Waals surface area contributed by atoms with Crippen LogP contribution in [-0.2, 0) is 4.79 Å². The maximum atomic E-state index is 13.1. The van der Waals surface area contributed by atoms with Crippen LogP contribution < -0.4 is 0 Å². The van der Waals surface area contributed by atoms with Crippen LogP contribution in [0.25, 0.3) is 0 Å². The Labute approximate surface area is 147 Å². The van der Waals surface area contributed by atoms with Gasteiger partial charge in [-0.1, -0.05) is 6.42 Å². The van der Waals surface area contributed by atoms with Crippen molar-refractivity contribution in [1.82, 2.24) is 14.8 Å². The Balaban J connectivity index is 1.45. The van der Waals surface area contributed by atoms with Crippen LogP contribution >= 0.6 is 11.3 Å². The minimum atomic E-state index is -0.331. The molecule has 2 aliphatic heterocycles.